The fraction of sp³-hybridized carbons (Fsp3) is 0.143. The van der Waals surface area contributed by atoms with Gasteiger partial charge in [0, 0.05) is 24.0 Å². The Bertz CT molecular complexity index is 546. The highest BCUT2D eigenvalue weighted by molar-refractivity contribution is 6.06. The Morgan fingerprint density at radius 3 is 2.50 bits per heavy atom. The van der Waals surface area contributed by atoms with Crippen molar-refractivity contribution in [3.05, 3.63) is 53.7 Å². The Morgan fingerprint density at radius 2 is 1.89 bits per heavy atom. The predicted octanol–water partition coefficient (Wildman–Crippen LogP) is 2.25. The van der Waals surface area contributed by atoms with Crippen LogP contribution in [0.25, 0.3) is 0 Å². The molecule has 92 valence electrons. The lowest BCUT2D eigenvalue weighted by Crippen LogP contribution is -2.26. The van der Waals surface area contributed by atoms with E-state index in [2.05, 4.69) is 4.98 Å². The molecule has 4 nitrogen and oxygen atoms in total. The van der Waals surface area contributed by atoms with Crippen LogP contribution in [-0.2, 0) is 0 Å². The summed E-state index contributed by atoms with van der Waals surface area (Å²) in [6, 6.07) is 12.8. The highest BCUT2D eigenvalue weighted by atomic mass is 16.2. The Morgan fingerprint density at radius 1 is 1.22 bits per heavy atom. The molecule has 0 atom stereocenters. The largest absolute Gasteiger partial charge is 0.384 e. The molecule has 18 heavy (non-hydrogen) atoms. The lowest BCUT2D eigenvalue weighted by molar-refractivity contribution is 0.0993. The topological polar surface area (TPSA) is 59.2 Å². The Labute approximate surface area is 106 Å². The van der Waals surface area contributed by atoms with Crippen molar-refractivity contribution in [3.63, 3.8) is 0 Å². The number of rotatable bonds is 2. The predicted molar refractivity (Wildman–Crippen MR) is 72.6 cm³/mol. The number of nitrogens with two attached hydrogens (primary N) is 1. The highest BCUT2D eigenvalue weighted by Crippen LogP contribution is 2.16. The van der Waals surface area contributed by atoms with Crippen molar-refractivity contribution in [1.82, 2.24) is 4.98 Å². The maximum atomic E-state index is 12.3. The summed E-state index contributed by atoms with van der Waals surface area (Å²) in [5.41, 5.74) is 7.78. The van der Waals surface area contributed by atoms with Crippen LogP contribution < -0.4 is 10.6 Å². The van der Waals surface area contributed by atoms with Crippen molar-refractivity contribution in [3.8, 4) is 0 Å². The van der Waals surface area contributed by atoms with E-state index in [1.807, 2.05) is 37.3 Å². The van der Waals surface area contributed by atoms with E-state index < -0.39 is 0 Å². The van der Waals surface area contributed by atoms with Gasteiger partial charge in [-0.15, -0.1) is 0 Å². The van der Waals surface area contributed by atoms with E-state index in [0.717, 1.165) is 11.4 Å². The van der Waals surface area contributed by atoms with Crippen LogP contribution in [0.3, 0.4) is 0 Å². The van der Waals surface area contributed by atoms with Crippen LogP contribution in [0.4, 0.5) is 11.5 Å². The summed E-state index contributed by atoms with van der Waals surface area (Å²) in [5.74, 6) is 0.262. The van der Waals surface area contributed by atoms with Gasteiger partial charge in [-0.05, 0) is 31.2 Å². The molecule has 0 aliphatic heterocycles. The van der Waals surface area contributed by atoms with E-state index in [0.29, 0.717) is 11.4 Å². The zero-order chi connectivity index (χ0) is 13.1. The summed E-state index contributed by atoms with van der Waals surface area (Å²) in [7, 11) is 1.74. The first-order valence-electron chi connectivity index (χ1n) is 5.65. The summed E-state index contributed by atoms with van der Waals surface area (Å²) in [6.07, 6.45) is 0. The molecule has 0 spiro atoms. The molecule has 2 N–H and O–H groups in total. The van der Waals surface area contributed by atoms with Gasteiger partial charge in [-0.25, -0.2) is 4.98 Å². The number of para-hydroxylation sites is 1. The summed E-state index contributed by atoms with van der Waals surface area (Å²) >= 11 is 0. The molecule has 1 amide bonds. The second-order valence-electron chi connectivity index (χ2n) is 4.12. The number of hydrogen-bond acceptors (Lipinski definition) is 3. The van der Waals surface area contributed by atoms with Crippen LogP contribution in [0.2, 0.25) is 0 Å². The van der Waals surface area contributed by atoms with Gasteiger partial charge in [-0.1, -0.05) is 18.2 Å². The van der Waals surface area contributed by atoms with Crippen LogP contribution in [0, 0.1) is 6.92 Å². The number of carbonyl (C=O) groups excluding carboxylic acids is 1. The molecular formula is C14H15N3O. The van der Waals surface area contributed by atoms with E-state index in [1.165, 1.54) is 0 Å². The van der Waals surface area contributed by atoms with Crippen molar-refractivity contribution in [2.45, 2.75) is 6.92 Å². The molecule has 0 saturated heterocycles. The minimum Gasteiger partial charge on any atom is -0.384 e. The summed E-state index contributed by atoms with van der Waals surface area (Å²) in [6.45, 7) is 1.82. The summed E-state index contributed by atoms with van der Waals surface area (Å²) in [4.78, 5) is 17.9. The smallest absolute Gasteiger partial charge is 0.258 e. The zero-order valence-electron chi connectivity index (χ0n) is 10.4. The summed E-state index contributed by atoms with van der Waals surface area (Å²) < 4.78 is 0. The number of carbonyl (C=O) groups is 1. The van der Waals surface area contributed by atoms with Crippen LogP contribution in [0.1, 0.15) is 16.1 Å². The fourth-order valence-corrected chi connectivity index (χ4v) is 1.78. The van der Waals surface area contributed by atoms with Crippen LogP contribution in [0.5, 0.6) is 0 Å². The Kier molecular flexibility index (Phi) is 3.28. The van der Waals surface area contributed by atoms with Crippen LogP contribution in [-0.4, -0.2) is 17.9 Å². The molecule has 0 radical (unpaired) electrons. The normalized spacial score (nSPS) is 10.1. The number of benzene rings is 1. The number of nitrogens with zero attached hydrogens (tertiary/aromatic N) is 2. The minimum absolute atomic E-state index is 0.0987. The van der Waals surface area contributed by atoms with Crippen molar-refractivity contribution in [1.29, 1.82) is 0 Å². The Hall–Kier alpha value is -2.36. The molecule has 1 heterocycles. The lowest BCUT2D eigenvalue weighted by atomic mass is 10.2. The van der Waals surface area contributed by atoms with Crippen LogP contribution in [0.15, 0.2) is 42.5 Å². The first kappa shape index (κ1) is 12.1. The van der Waals surface area contributed by atoms with Crippen molar-refractivity contribution in [2.75, 3.05) is 17.7 Å². The second kappa shape index (κ2) is 4.87. The van der Waals surface area contributed by atoms with E-state index in [4.69, 9.17) is 5.73 Å². The molecule has 1 aromatic heterocycles. The summed E-state index contributed by atoms with van der Waals surface area (Å²) in [5, 5.41) is 0. The molecule has 0 fully saturated rings. The number of amides is 1. The number of nitrogen functional groups attached to an aromatic ring is 1. The maximum absolute atomic E-state index is 12.3. The monoisotopic (exact) mass is 241 g/mol. The molecule has 0 unspecified atom stereocenters. The SMILES string of the molecule is Cc1cc(C(=O)N(C)c2ccccc2)cc(N)n1. The molecule has 2 rings (SSSR count). The third kappa shape index (κ3) is 2.48. The number of pyridine rings is 1. The minimum atomic E-state index is -0.0987. The first-order valence-corrected chi connectivity index (χ1v) is 5.65. The average Bonchev–Trinajstić information content (AvgIpc) is 2.37. The molecule has 0 bridgehead atoms. The average molecular weight is 241 g/mol. The molecule has 0 aliphatic carbocycles. The van der Waals surface area contributed by atoms with E-state index >= 15 is 0 Å². The van der Waals surface area contributed by atoms with Gasteiger partial charge >= 0.3 is 0 Å². The first-order chi connectivity index (χ1) is 8.58. The molecular weight excluding hydrogens is 226 g/mol. The quantitative estimate of drug-likeness (QED) is 0.877. The molecule has 4 heteroatoms. The van der Waals surface area contributed by atoms with E-state index in [9.17, 15) is 4.79 Å². The maximum Gasteiger partial charge on any atom is 0.258 e. The number of anilines is 2. The third-order valence-corrected chi connectivity index (χ3v) is 2.67. The second-order valence-corrected chi connectivity index (χ2v) is 4.12. The highest BCUT2D eigenvalue weighted by Gasteiger charge is 2.14. The van der Waals surface area contributed by atoms with Gasteiger partial charge in [0.15, 0.2) is 0 Å². The van der Waals surface area contributed by atoms with Gasteiger partial charge in [0.1, 0.15) is 5.82 Å². The van der Waals surface area contributed by atoms with E-state index in [1.54, 1.807) is 24.1 Å². The van der Waals surface area contributed by atoms with Gasteiger partial charge in [0.2, 0.25) is 0 Å². The van der Waals surface area contributed by atoms with Gasteiger partial charge in [0.25, 0.3) is 5.91 Å². The third-order valence-electron chi connectivity index (χ3n) is 2.67. The van der Waals surface area contributed by atoms with Crippen molar-refractivity contribution < 1.29 is 4.79 Å². The number of aryl methyl sites for hydroxylation is 1. The van der Waals surface area contributed by atoms with Crippen LogP contribution >= 0.6 is 0 Å². The standard InChI is InChI=1S/C14H15N3O/c1-10-8-11(9-13(15)16-10)14(18)17(2)12-6-4-3-5-7-12/h3-9H,1-2H3,(H2,15,16). The van der Waals surface area contributed by atoms with E-state index in [-0.39, 0.29) is 5.91 Å². The zero-order valence-corrected chi connectivity index (χ0v) is 10.4. The van der Waals surface area contributed by atoms with Gasteiger partial charge in [-0.2, -0.15) is 0 Å². The van der Waals surface area contributed by atoms with Gasteiger partial charge in [-0.3, -0.25) is 4.79 Å². The molecule has 0 aliphatic rings. The molecule has 2 aromatic rings. The number of hydrogen-bond donors (Lipinski definition) is 1. The Balaban J connectivity index is 2.31. The van der Waals surface area contributed by atoms with Gasteiger partial charge in [0.05, 0.1) is 0 Å². The number of aromatic nitrogens is 1. The van der Waals surface area contributed by atoms with Gasteiger partial charge < -0.3 is 10.6 Å². The van der Waals surface area contributed by atoms with Crippen molar-refractivity contribution >= 4 is 17.4 Å². The molecule has 0 saturated carbocycles. The fourth-order valence-electron chi connectivity index (χ4n) is 1.78. The molecule has 1 aromatic carbocycles. The van der Waals surface area contributed by atoms with Crippen molar-refractivity contribution in [2.24, 2.45) is 0 Å². The lowest BCUT2D eigenvalue weighted by Gasteiger charge is -2.17.